The van der Waals surface area contributed by atoms with Crippen molar-refractivity contribution < 1.29 is 5.21 Å². The van der Waals surface area contributed by atoms with Crippen LogP contribution in [0.5, 0.6) is 0 Å². The van der Waals surface area contributed by atoms with Crippen LogP contribution in [-0.2, 0) is 0 Å². The molecule has 0 fully saturated rings. The van der Waals surface area contributed by atoms with Crippen LogP contribution in [0.2, 0.25) is 5.02 Å². The van der Waals surface area contributed by atoms with Crippen LogP contribution >= 0.6 is 11.6 Å². The molecule has 0 aromatic carbocycles. The number of nitrogens with two attached hydrogens (primary N) is 1. The van der Waals surface area contributed by atoms with Crippen molar-refractivity contribution >= 4 is 23.4 Å². The van der Waals surface area contributed by atoms with Crippen LogP contribution in [0.25, 0.3) is 0 Å². The van der Waals surface area contributed by atoms with E-state index < -0.39 is 0 Å². The van der Waals surface area contributed by atoms with Crippen molar-refractivity contribution in [2.45, 2.75) is 20.3 Å². The van der Waals surface area contributed by atoms with Crippen molar-refractivity contribution in [2.24, 2.45) is 16.8 Å². The lowest BCUT2D eigenvalue weighted by Gasteiger charge is -2.24. The predicted molar refractivity (Wildman–Crippen MR) is 72.1 cm³/mol. The fourth-order valence-corrected chi connectivity index (χ4v) is 1.58. The van der Waals surface area contributed by atoms with Gasteiger partial charge in [0.05, 0.1) is 17.4 Å². The second-order valence-electron chi connectivity index (χ2n) is 4.38. The molecule has 6 nitrogen and oxygen atoms in total. The van der Waals surface area contributed by atoms with Gasteiger partial charge in [-0.25, -0.2) is 9.97 Å². The van der Waals surface area contributed by atoms with E-state index in [0.717, 1.165) is 6.54 Å². The minimum Gasteiger partial charge on any atom is -0.409 e. The monoisotopic (exact) mass is 271 g/mol. The Morgan fingerprint density at radius 2 is 2.11 bits per heavy atom. The van der Waals surface area contributed by atoms with Gasteiger partial charge >= 0.3 is 0 Å². The van der Waals surface area contributed by atoms with Crippen LogP contribution in [0.1, 0.15) is 20.3 Å². The lowest BCUT2D eigenvalue weighted by Crippen LogP contribution is -2.32. The van der Waals surface area contributed by atoms with E-state index in [1.807, 2.05) is 4.90 Å². The first-order chi connectivity index (χ1) is 8.52. The molecule has 0 unspecified atom stereocenters. The van der Waals surface area contributed by atoms with E-state index in [9.17, 15) is 0 Å². The summed E-state index contributed by atoms with van der Waals surface area (Å²) in [4.78, 5) is 10.3. The van der Waals surface area contributed by atoms with Gasteiger partial charge in [0.15, 0.2) is 0 Å². The molecule has 7 heteroatoms. The molecule has 0 radical (unpaired) electrons. The van der Waals surface area contributed by atoms with Crippen LogP contribution < -0.4 is 10.6 Å². The van der Waals surface area contributed by atoms with E-state index >= 15 is 0 Å². The molecule has 3 N–H and O–H groups in total. The molecule has 0 spiro atoms. The lowest BCUT2D eigenvalue weighted by atomic mass is 10.2. The number of oxime groups is 1. The van der Waals surface area contributed by atoms with E-state index in [1.54, 1.807) is 12.4 Å². The van der Waals surface area contributed by atoms with Crippen LogP contribution in [0, 0.1) is 5.92 Å². The normalized spacial score (nSPS) is 11.9. The minimum atomic E-state index is 0.192. The molecule has 0 aliphatic heterocycles. The summed E-state index contributed by atoms with van der Waals surface area (Å²) >= 11 is 5.76. The van der Waals surface area contributed by atoms with Crippen molar-refractivity contribution in [3.8, 4) is 0 Å². The highest BCUT2D eigenvalue weighted by Crippen LogP contribution is 2.12. The predicted octanol–water partition coefficient (Wildman–Crippen LogP) is 1.73. The number of aromatic nitrogens is 2. The summed E-state index contributed by atoms with van der Waals surface area (Å²) in [5.41, 5.74) is 5.47. The van der Waals surface area contributed by atoms with Gasteiger partial charge in [0.25, 0.3) is 0 Å². The molecule has 1 aromatic heterocycles. The molecule has 1 aromatic rings. The Morgan fingerprint density at radius 1 is 1.50 bits per heavy atom. The fourth-order valence-electron chi connectivity index (χ4n) is 1.48. The zero-order valence-electron chi connectivity index (χ0n) is 10.5. The van der Waals surface area contributed by atoms with Crippen LogP contribution in [-0.4, -0.2) is 34.1 Å². The Labute approximate surface area is 111 Å². The first-order valence-corrected chi connectivity index (χ1v) is 6.09. The summed E-state index contributed by atoms with van der Waals surface area (Å²) in [5, 5.41) is 12.0. The molecule has 1 rings (SSSR count). The van der Waals surface area contributed by atoms with Gasteiger partial charge in [-0.1, -0.05) is 30.6 Å². The molecule has 1 heterocycles. The Morgan fingerprint density at radius 3 is 2.61 bits per heavy atom. The van der Waals surface area contributed by atoms with Crippen LogP contribution in [0.3, 0.4) is 0 Å². The molecular weight excluding hydrogens is 254 g/mol. The number of amidine groups is 1. The van der Waals surface area contributed by atoms with Gasteiger partial charge in [-0.15, -0.1) is 0 Å². The first-order valence-electron chi connectivity index (χ1n) is 5.71. The van der Waals surface area contributed by atoms with Gasteiger partial charge in [-0.3, -0.25) is 0 Å². The Balaban J connectivity index is 2.74. The average molecular weight is 272 g/mol. The zero-order valence-corrected chi connectivity index (χ0v) is 11.3. The standard InChI is InChI=1S/C11H18ClN5O/c1-8(2)7-17(4-3-10(13)16-18)11-14-5-9(12)6-15-11/h5-6,8,18H,3-4,7H2,1-2H3,(H2,13,16). The average Bonchev–Trinajstić information content (AvgIpc) is 2.34. The Bertz CT molecular complexity index is 393. The maximum atomic E-state index is 8.53. The fraction of sp³-hybridized carbons (Fsp3) is 0.545. The molecule has 100 valence electrons. The highest BCUT2D eigenvalue weighted by atomic mass is 35.5. The Kier molecular flexibility index (Phi) is 5.64. The molecule has 0 atom stereocenters. The summed E-state index contributed by atoms with van der Waals surface area (Å²) in [6.07, 6.45) is 3.57. The van der Waals surface area contributed by atoms with Crippen LogP contribution in [0.4, 0.5) is 5.95 Å². The number of hydrogen-bond acceptors (Lipinski definition) is 5. The lowest BCUT2D eigenvalue weighted by molar-refractivity contribution is 0.317. The second kappa shape index (κ2) is 7.00. The molecule has 18 heavy (non-hydrogen) atoms. The van der Waals surface area contributed by atoms with E-state index in [-0.39, 0.29) is 5.84 Å². The topological polar surface area (TPSA) is 87.6 Å². The number of halogens is 1. The largest absolute Gasteiger partial charge is 0.409 e. The molecule has 0 saturated heterocycles. The summed E-state index contributed by atoms with van der Waals surface area (Å²) < 4.78 is 0. The highest BCUT2D eigenvalue weighted by molar-refractivity contribution is 6.30. The zero-order chi connectivity index (χ0) is 13.5. The SMILES string of the molecule is CC(C)CN(CCC(N)=NO)c1ncc(Cl)cn1. The third-order valence-corrected chi connectivity index (χ3v) is 2.44. The van der Waals surface area contributed by atoms with Gasteiger partial charge in [-0.05, 0) is 5.92 Å². The number of rotatable bonds is 6. The van der Waals surface area contributed by atoms with E-state index in [0.29, 0.717) is 29.9 Å². The second-order valence-corrected chi connectivity index (χ2v) is 4.82. The number of hydrogen-bond donors (Lipinski definition) is 2. The molecule has 0 aliphatic rings. The van der Waals surface area contributed by atoms with E-state index in [1.165, 1.54) is 0 Å². The Hall–Kier alpha value is -1.56. The minimum absolute atomic E-state index is 0.192. The first kappa shape index (κ1) is 14.5. The van der Waals surface area contributed by atoms with Gasteiger partial charge in [0.1, 0.15) is 5.84 Å². The summed E-state index contributed by atoms with van der Waals surface area (Å²) in [5.74, 6) is 1.24. The smallest absolute Gasteiger partial charge is 0.225 e. The van der Waals surface area contributed by atoms with E-state index in [2.05, 4.69) is 29.0 Å². The molecule has 0 saturated carbocycles. The van der Waals surface area contributed by atoms with Crippen molar-refractivity contribution in [2.75, 3.05) is 18.0 Å². The highest BCUT2D eigenvalue weighted by Gasteiger charge is 2.12. The van der Waals surface area contributed by atoms with Crippen molar-refractivity contribution in [1.82, 2.24) is 9.97 Å². The molecular formula is C11H18ClN5O. The number of nitrogens with zero attached hydrogens (tertiary/aromatic N) is 4. The van der Waals surface area contributed by atoms with Crippen molar-refractivity contribution in [3.05, 3.63) is 17.4 Å². The number of anilines is 1. The molecule has 0 aliphatic carbocycles. The van der Waals surface area contributed by atoms with Gasteiger partial charge in [0.2, 0.25) is 5.95 Å². The third kappa shape index (κ3) is 4.75. The molecule has 0 bridgehead atoms. The van der Waals surface area contributed by atoms with Crippen molar-refractivity contribution in [1.29, 1.82) is 0 Å². The van der Waals surface area contributed by atoms with Gasteiger partial charge < -0.3 is 15.8 Å². The summed E-state index contributed by atoms with van der Waals surface area (Å²) in [6, 6.07) is 0. The van der Waals surface area contributed by atoms with Crippen molar-refractivity contribution in [3.63, 3.8) is 0 Å². The summed E-state index contributed by atoms with van der Waals surface area (Å²) in [7, 11) is 0. The summed E-state index contributed by atoms with van der Waals surface area (Å²) in [6.45, 7) is 5.59. The van der Waals surface area contributed by atoms with Gasteiger partial charge in [-0.2, -0.15) is 0 Å². The maximum Gasteiger partial charge on any atom is 0.225 e. The quantitative estimate of drug-likeness (QED) is 0.356. The maximum absolute atomic E-state index is 8.53. The van der Waals surface area contributed by atoms with E-state index in [4.69, 9.17) is 22.5 Å². The van der Waals surface area contributed by atoms with Gasteiger partial charge in [0, 0.05) is 19.5 Å². The molecule has 0 amide bonds. The third-order valence-electron chi connectivity index (χ3n) is 2.24. The van der Waals surface area contributed by atoms with Crippen LogP contribution in [0.15, 0.2) is 17.5 Å².